The Kier molecular flexibility index (Phi) is 5.26. The first-order chi connectivity index (χ1) is 14.1. The summed E-state index contributed by atoms with van der Waals surface area (Å²) < 4.78 is 15.3. The van der Waals surface area contributed by atoms with Crippen molar-refractivity contribution in [3.05, 3.63) is 65.0 Å². The van der Waals surface area contributed by atoms with E-state index in [9.17, 15) is 9.59 Å². The molecule has 0 saturated heterocycles. The second-order valence-corrected chi connectivity index (χ2v) is 6.90. The third-order valence-electron chi connectivity index (χ3n) is 4.16. The summed E-state index contributed by atoms with van der Waals surface area (Å²) in [5.41, 5.74) is 2.84. The molecule has 0 saturated carbocycles. The molecule has 0 unspecified atom stereocenters. The molecule has 29 heavy (non-hydrogen) atoms. The Morgan fingerprint density at radius 3 is 2.72 bits per heavy atom. The quantitative estimate of drug-likeness (QED) is 0.508. The van der Waals surface area contributed by atoms with E-state index < -0.39 is 5.97 Å². The van der Waals surface area contributed by atoms with Gasteiger partial charge in [-0.2, -0.15) is 0 Å². The van der Waals surface area contributed by atoms with Crippen LogP contribution in [0.25, 0.3) is 17.3 Å². The van der Waals surface area contributed by atoms with Crippen LogP contribution < -0.4 is 14.8 Å². The van der Waals surface area contributed by atoms with Crippen LogP contribution in [0.15, 0.2) is 53.9 Å². The first-order valence-corrected chi connectivity index (χ1v) is 9.53. The lowest BCUT2D eigenvalue weighted by molar-refractivity contribution is -0.111. The molecule has 0 bridgehead atoms. The second kappa shape index (κ2) is 8.15. The highest BCUT2D eigenvalue weighted by Crippen LogP contribution is 2.32. The number of fused-ring (bicyclic) bond motifs is 1. The van der Waals surface area contributed by atoms with Gasteiger partial charge >= 0.3 is 5.97 Å². The summed E-state index contributed by atoms with van der Waals surface area (Å²) in [6, 6.07) is 12.4. The molecule has 0 spiro atoms. The van der Waals surface area contributed by atoms with Crippen molar-refractivity contribution in [2.75, 3.05) is 19.2 Å². The predicted octanol–water partition coefficient (Wildman–Crippen LogP) is 3.98. The number of rotatable bonds is 5. The summed E-state index contributed by atoms with van der Waals surface area (Å²) in [7, 11) is 1.34. The molecule has 8 heteroatoms. The van der Waals surface area contributed by atoms with E-state index >= 15 is 0 Å². The van der Waals surface area contributed by atoms with Gasteiger partial charge in [0.25, 0.3) is 0 Å². The molecule has 3 aromatic rings. The molecule has 2 heterocycles. The number of hydrogen-bond donors (Lipinski definition) is 1. The summed E-state index contributed by atoms with van der Waals surface area (Å²) in [6.07, 6.45) is 3.13. The maximum absolute atomic E-state index is 12.2. The third kappa shape index (κ3) is 4.27. The van der Waals surface area contributed by atoms with E-state index in [1.54, 1.807) is 36.4 Å². The van der Waals surface area contributed by atoms with Crippen LogP contribution in [0.1, 0.15) is 15.9 Å². The fraction of sp³-hybridized carbons (Fsp3) is 0.0952. The molecule has 1 aliphatic rings. The summed E-state index contributed by atoms with van der Waals surface area (Å²) in [6.45, 7) is 0.209. The number of benzene rings is 2. The van der Waals surface area contributed by atoms with Gasteiger partial charge in [-0.1, -0.05) is 18.2 Å². The molecule has 1 amide bonds. The molecule has 1 N–H and O–H groups in total. The van der Waals surface area contributed by atoms with E-state index in [1.807, 2.05) is 17.5 Å². The Balaban J connectivity index is 1.39. The maximum atomic E-state index is 12.2. The Bertz CT molecular complexity index is 1090. The molecule has 7 nitrogen and oxygen atoms in total. The first kappa shape index (κ1) is 18.7. The zero-order valence-electron chi connectivity index (χ0n) is 15.4. The van der Waals surface area contributed by atoms with E-state index in [2.05, 4.69) is 15.0 Å². The number of nitrogens with zero attached hydrogens (tertiary/aromatic N) is 1. The molecular weight excluding hydrogens is 392 g/mol. The number of esters is 1. The number of methoxy groups -OCH3 is 1. The number of ether oxygens (including phenoxy) is 3. The number of carbonyl (C=O) groups excluding carboxylic acids is 2. The summed E-state index contributed by atoms with van der Waals surface area (Å²) in [5.74, 6) is 0.679. The van der Waals surface area contributed by atoms with Gasteiger partial charge in [-0.05, 0) is 35.9 Å². The van der Waals surface area contributed by atoms with E-state index in [4.69, 9.17) is 9.47 Å². The predicted molar refractivity (Wildman–Crippen MR) is 109 cm³/mol. The zero-order valence-corrected chi connectivity index (χ0v) is 16.2. The monoisotopic (exact) mass is 408 g/mol. The average Bonchev–Trinajstić information content (AvgIpc) is 3.41. The number of carbonyl (C=O) groups is 2. The summed E-state index contributed by atoms with van der Waals surface area (Å²) in [5, 5.41) is 5.07. The van der Waals surface area contributed by atoms with Crippen LogP contribution in [-0.2, 0) is 9.53 Å². The Hall–Kier alpha value is -3.65. The number of anilines is 1. The van der Waals surface area contributed by atoms with Crippen molar-refractivity contribution < 1.29 is 23.8 Å². The largest absolute Gasteiger partial charge is 0.465 e. The molecule has 2 aromatic carbocycles. The number of hydrogen-bond acceptors (Lipinski definition) is 7. The fourth-order valence-corrected chi connectivity index (χ4v) is 3.42. The first-order valence-electron chi connectivity index (χ1n) is 8.65. The fourth-order valence-electron chi connectivity index (χ4n) is 2.69. The SMILES string of the molecule is COC(=O)c1ccc(-c2csc(NC(=O)/C=C/c3ccc4c(c3)OCO4)n2)cc1. The topological polar surface area (TPSA) is 86.8 Å². The van der Waals surface area contributed by atoms with Gasteiger partial charge in [0.1, 0.15) is 0 Å². The zero-order chi connectivity index (χ0) is 20.2. The Morgan fingerprint density at radius 2 is 1.93 bits per heavy atom. The van der Waals surface area contributed by atoms with Crippen LogP contribution in [0.5, 0.6) is 11.5 Å². The molecule has 0 fully saturated rings. The van der Waals surface area contributed by atoms with Gasteiger partial charge in [-0.3, -0.25) is 10.1 Å². The van der Waals surface area contributed by atoms with Crippen molar-refractivity contribution in [1.82, 2.24) is 4.98 Å². The van der Waals surface area contributed by atoms with Gasteiger partial charge < -0.3 is 14.2 Å². The molecule has 146 valence electrons. The normalized spacial score (nSPS) is 12.2. The van der Waals surface area contributed by atoms with Crippen LogP contribution in [0.2, 0.25) is 0 Å². The lowest BCUT2D eigenvalue weighted by atomic mass is 10.1. The van der Waals surface area contributed by atoms with Gasteiger partial charge in [0.05, 0.1) is 18.4 Å². The van der Waals surface area contributed by atoms with Crippen molar-refractivity contribution in [2.45, 2.75) is 0 Å². The van der Waals surface area contributed by atoms with Crippen molar-refractivity contribution in [2.24, 2.45) is 0 Å². The van der Waals surface area contributed by atoms with Crippen LogP contribution in [0.4, 0.5) is 5.13 Å². The molecule has 0 radical (unpaired) electrons. The highest BCUT2D eigenvalue weighted by Gasteiger charge is 2.12. The third-order valence-corrected chi connectivity index (χ3v) is 4.92. The van der Waals surface area contributed by atoms with Crippen molar-refractivity contribution in [3.63, 3.8) is 0 Å². The number of amides is 1. The lowest BCUT2D eigenvalue weighted by Crippen LogP contribution is -2.07. The van der Waals surface area contributed by atoms with E-state index in [0.29, 0.717) is 27.9 Å². The van der Waals surface area contributed by atoms with Gasteiger partial charge in [-0.15, -0.1) is 11.3 Å². The molecule has 0 atom stereocenters. The molecule has 1 aromatic heterocycles. The van der Waals surface area contributed by atoms with E-state index in [-0.39, 0.29) is 12.7 Å². The summed E-state index contributed by atoms with van der Waals surface area (Å²) >= 11 is 1.32. The Labute approximate surface area is 170 Å². The van der Waals surface area contributed by atoms with Crippen LogP contribution >= 0.6 is 11.3 Å². The molecule has 1 aliphatic heterocycles. The van der Waals surface area contributed by atoms with Gasteiger partial charge in [0.2, 0.25) is 12.7 Å². The number of aromatic nitrogens is 1. The highest BCUT2D eigenvalue weighted by molar-refractivity contribution is 7.14. The highest BCUT2D eigenvalue weighted by atomic mass is 32.1. The van der Waals surface area contributed by atoms with Gasteiger partial charge in [-0.25, -0.2) is 9.78 Å². The van der Waals surface area contributed by atoms with Crippen LogP contribution in [-0.4, -0.2) is 30.8 Å². The lowest BCUT2D eigenvalue weighted by Gasteiger charge is -2.01. The minimum absolute atomic E-state index is 0.209. The standard InChI is InChI=1S/C21H16N2O5S/c1-26-20(25)15-6-4-14(5-7-15)16-11-29-21(22-16)23-19(24)9-3-13-2-8-17-18(10-13)28-12-27-17/h2-11H,12H2,1H3,(H,22,23,24)/b9-3+. The van der Waals surface area contributed by atoms with Crippen molar-refractivity contribution in [1.29, 1.82) is 0 Å². The molecular formula is C21H16N2O5S. The van der Waals surface area contributed by atoms with Gasteiger partial charge in [0, 0.05) is 17.0 Å². The van der Waals surface area contributed by atoms with Crippen molar-refractivity contribution >= 4 is 34.4 Å². The van der Waals surface area contributed by atoms with Crippen LogP contribution in [0.3, 0.4) is 0 Å². The maximum Gasteiger partial charge on any atom is 0.337 e. The smallest absolute Gasteiger partial charge is 0.337 e. The van der Waals surface area contributed by atoms with Crippen LogP contribution in [0, 0.1) is 0 Å². The summed E-state index contributed by atoms with van der Waals surface area (Å²) in [4.78, 5) is 28.1. The van der Waals surface area contributed by atoms with Gasteiger partial charge in [0.15, 0.2) is 16.6 Å². The molecule has 0 aliphatic carbocycles. The van der Waals surface area contributed by atoms with E-state index in [1.165, 1.54) is 24.5 Å². The minimum Gasteiger partial charge on any atom is -0.465 e. The van der Waals surface area contributed by atoms with Crippen molar-refractivity contribution in [3.8, 4) is 22.8 Å². The minimum atomic E-state index is -0.392. The molecule has 4 rings (SSSR count). The second-order valence-electron chi connectivity index (χ2n) is 6.04. The van der Waals surface area contributed by atoms with E-state index in [0.717, 1.165) is 11.1 Å². The number of thiazole rings is 1. The number of nitrogens with one attached hydrogen (secondary N) is 1. The Morgan fingerprint density at radius 1 is 1.14 bits per heavy atom. The average molecular weight is 408 g/mol.